The van der Waals surface area contributed by atoms with Crippen molar-refractivity contribution in [2.24, 2.45) is 5.84 Å². The lowest BCUT2D eigenvalue weighted by molar-refractivity contribution is 0.184. The van der Waals surface area contributed by atoms with Gasteiger partial charge in [-0.05, 0) is 22.9 Å². The van der Waals surface area contributed by atoms with Crippen LogP contribution in [0.4, 0.5) is 5.82 Å². The van der Waals surface area contributed by atoms with Gasteiger partial charge in [-0.3, -0.25) is 0 Å². The second-order valence-corrected chi connectivity index (χ2v) is 3.70. The summed E-state index contributed by atoms with van der Waals surface area (Å²) in [6.07, 6.45) is 0. The lowest BCUT2D eigenvalue weighted by atomic mass is 10.1. The first-order chi connectivity index (χ1) is 7.15. The molecule has 0 bridgehead atoms. The predicted molar refractivity (Wildman–Crippen MR) is 59.9 cm³/mol. The molecule has 15 heavy (non-hydrogen) atoms. The average Bonchev–Trinajstić information content (AvgIpc) is 2.24. The molecule has 0 atom stereocenters. The molecule has 5 nitrogen and oxygen atoms in total. The molecule has 1 aromatic rings. The summed E-state index contributed by atoms with van der Waals surface area (Å²) in [6.45, 7) is 2.16. The van der Waals surface area contributed by atoms with Crippen LogP contribution >= 0.6 is 15.9 Å². The zero-order valence-corrected chi connectivity index (χ0v) is 10.1. The molecule has 1 rings (SSSR count). The number of nitrogen functional groups attached to an aromatic ring is 1. The lowest BCUT2D eigenvalue weighted by Crippen LogP contribution is -2.13. The van der Waals surface area contributed by atoms with Crippen molar-refractivity contribution in [1.82, 2.24) is 4.98 Å². The molecule has 0 amide bonds. The summed E-state index contributed by atoms with van der Waals surface area (Å²) >= 11 is 3.37. The number of hydrazine groups is 1. The van der Waals surface area contributed by atoms with Crippen LogP contribution in [0.1, 0.15) is 16.8 Å². The van der Waals surface area contributed by atoms with Gasteiger partial charge in [-0.25, -0.2) is 10.8 Å². The van der Waals surface area contributed by atoms with Gasteiger partial charge in [0.15, 0.2) is 5.82 Å². The van der Waals surface area contributed by atoms with E-state index in [1.54, 1.807) is 7.11 Å². The van der Waals surface area contributed by atoms with Crippen molar-refractivity contribution in [2.75, 3.05) is 12.5 Å². The Labute approximate surface area is 96.3 Å². The third-order valence-corrected chi connectivity index (χ3v) is 2.99. The summed E-state index contributed by atoms with van der Waals surface area (Å²) in [5.74, 6) is 5.66. The summed E-state index contributed by atoms with van der Waals surface area (Å²) in [5.41, 5.74) is 4.31. The van der Waals surface area contributed by atoms with Crippen LogP contribution in [0, 0.1) is 18.3 Å². The summed E-state index contributed by atoms with van der Waals surface area (Å²) < 4.78 is 5.81. The highest BCUT2D eigenvalue weighted by atomic mass is 79.9. The fourth-order valence-electron chi connectivity index (χ4n) is 1.25. The molecular formula is C9H11BrN4O. The van der Waals surface area contributed by atoms with E-state index in [-0.39, 0.29) is 0 Å². The maximum absolute atomic E-state index is 9.01. The third-order valence-electron chi connectivity index (χ3n) is 1.94. The standard InChI is InChI=1S/C9H11BrN4O/c1-5-8(10)7(4-15-2)6(3-11)9(13-5)14-12/h4,12H2,1-2H3,(H,13,14). The number of halogens is 1. The molecule has 3 N–H and O–H groups in total. The minimum Gasteiger partial charge on any atom is -0.380 e. The van der Waals surface area contributed by atoms with E-state index in [0.29, 0.717) is 18.0 Å². The Morgan fingerprint density at radius 1 is 1.67 bits per heavy atom. The van der Waals surface area contributed by atoms with Gasteiger partial charge >= 0.3 is 0 Å². The molecule has 6 heteroatoms. The molecule has 0 spiro atoms. The molecule has 0 fully saturated rings. The zero-order chi connectivity index (χ0) is 11.4. The molecule has 0 aromatic carbocycles. The Balaban J connectivity index is 3.44. The van der Waals surface area contributed by atoms with E-state index in [1.165, 1.54) is 0 Å². The number of anilines is 1. The summed E-state index contributed by atoms with van der Waals surface area (Å²) in [6, 6.07) is 2.05. The highest BCUT2D eigenvalue weighted by Crippen LogP contribution is 2.28. The number of nitrogens with one attached hydrogen (secondary N) is 1. The van der Waals surface area contributed by atoms with Crippen LogP contribution in [0.2, 0.25) is 0 Å². The van der Waals surface area contributed by atoms with Crippen molar-refractivity contribution < 1.29 is 4.74 Å². The summed E-state index contributed by atoms with van der Waals surface area (Å²) in [7, 11) is 1.57. The Hall–Kier alpha value is -1.16. The number of nitriles is 1. The molecule has 1 heterocycles. The number of nitrogens with zero attached hydrogens (tertiary/aromatic N) is 2. The van der Waals surface area contributed by atoms with Crippen LogP contribution in [0.3, 0.4) is 0 Å². The first-order valence-corrected chi connectivity index (χ1v) is 4.99. The molecule has 80 valence electrons. The molecular weight excluding hydrogens is 260 g/mol. The highest BCUT2D eigenvalue weighted by molar-refractivity contribution is 9.10. The fourth-order valence-corrected chi connectivity index (χ4v) is 1.65. The zero-order valence-electron chi connectivity index (χ0n) is 8.47. The Morgan fingerprint density at radius 2 is 2.33 bits per heavy atom. The predicted octanol–water partition coefficient (Wildman–Crippen LogP) is 1.46. The van der Waals surface area contributed by atoms with E-state index in [4.69, 9.17) is 15.8 Å². The number of pyridine rings is 1. The van der Waals surface area contributed by atoms with E-state index in [0.717, 1.165) is 15.7 Å². The fraction of sp³-hybridized carbons (Fsp3) is 0.333. The van der Waals surface area contributed by atoms with E-state index in [9.17, 15) is 0 Å². The van der Waals surface area contributed by atoms with Crippen molar-refractivity contribution in [3.63, 3.8) is 0 Å². The highest BCUT2D eigenvalue weighted by Gasteiger charge is 2.15. The van der Waals surface area contributed by atoms with Crippen LogP contribution in [0.15, 0.2) is 4.47 Å². The number of ether oxygens (including phenoxy) is 1. The quantitative estimate of drug-likeness (QED) is 0.642. The molecule has 0 radical (unpaired) electrons. The van der Waals surface area contributed by atoms with Crippen LogP contribution in [0.25, 0.3) is 0 Å². The molecule has 0 unspecified atom stereocenters. The molecule has 1 aromatic heterocycles. The molecule has 0 aliphatic carbocycles. The van der Waals surface area contributed by atoms with Crippen LogP contribution in [-0.4, -0.2) is 12.1 Å². The second kappa shape index (κ2) is 5.07. The van der Waals surface area contributed by atoms with Crippen LogP contribution in [0.5, 0.6) is 0 Å². The monoisotopic (exact) mass is 270 g/mol. The van der Waals surface area contributed by atoms with Gasteiger partial charge < -0.3 is 10.2 Å². The van der Waals surface area contributed by atoms with E-state index in [2.05, 4.69) is 32.4 Å². The maximum Gasteiger partial charge on any atom is 0.158 e. The number of aryl methyl sites for hydroxylation is 1. The van der Waals surface area contributed by atoms with Gasteiger partial charge in [0.05, 0.1) is 12.3 Å². The lowest BCUT2D eigenvalue weighted by Gasteiger charge is -2.11. The van der Waals surface area contributed by atoms with Crippen molar-refractivity contribution in [3.8, 4) is 6.07 Å². The normalized spacial score (nSPS) is 9.80. The molecule has 0 saturated heterocycles. The first-order valence-electron chi connectivity index (χ1n) is 4.20. The topological polar surface area (TPSA) is 84.0 Å². The largest absolute Gasteiger partial charge is 0.380 e. The van der Waals surface area contributed by atoms with E-state index in [1.807, 2.05) is 6.92 Å². The van der Waals surface area contributed by atoms with Gasteiger partial charge in [0.25, 0.3) is 0 Å². The first kappa shape index (κ1) is 11.9. The van der Waals surface area contributed by atoms with Crippen molar-refractivity contribution in [3.05, 3.63) is 21.3 Å². The summed E-state index contributed by atoms with van der Waals surface area (Å²) in [5, 5.41) is 9.01. The van der Waals surface area contributed by atoms with Gasteiger partial charge in [0.1, 0.15) is 11.6 Å². The van der Waals surface area contributed by atoms with Gasteiger partial charge in [-0.1, -0.05) is 0 Å². The molecule has 0 saturated carbocycles. The van der Waals surface area contributed by atoms with Crippen molar-refractivity contribution in [1.29, 1.82) is 5.26 Å². The van der Waals surface area contributed by atoms with Crippen molar-refractivity contribution >= 4 is 21.7 Å². The molecule has 0 aliphatic rings. The van der Waals surface area contributed by atoms with Crippen LogP contribution < -0.4 is 11.3 Å². The van der Waals surface area contributed by atoms with Gasteiger partial charge in [0, 0.05) is 17.1 Å². The van der Waals surface area contributed by atoms with Gasteiger partial charge in [-0.2, -0.15) is 5.26 Å². The maximum atomic E-state index is 9.01. The van der Waals surface area contributed by atoms with Gasteiger partial charge in [-0.15, -0.1) is 0 Å². The Bertz CT molecular complexity index is 414. The number of aromatic nitrogens is 1. The number of rotatable bonds is 3. The third kappa shape index (κ3) is 2.26. The molecule has 0 aliphatic heterocycles. The Morgan fingerprint density at radius 3 is 2.80 bits per heavy atom. The Kier molecular flexibility index (Phi) is 4.03. The van der Waals surface area contributed by atoms with E-state index >= 15 is 0 Å². The minimum absolute atomic E-state index is 0.335. The van der Waals surface area contributed by atoms with E-state index < -0.39 is 0 Å². The number of nitrogens with two attached hydrogens (primary N) is 1. The van der Waals surface area contributed by atoms with Gasteiger partial charge in [0.2, 0.25) is 0 Å². The number of hydrogen-bond donors (Lipinski definition) is 2. The summed E-state index contributed by atoms with van der Waals surface area (Å²) in [4.78, 5) is 4.14. The SMILES string of the molecule is COCc1c(Br)c(C)nc(NN)c1C#N. The smallest absolute Gasteiger partial charge is 0.158 e. The average molecular weight is 271 g/mol. The van der Waals surface area contributed by atoms with Crippen LogP contribution in [-0.2, 0) is 11.3 Å². The number of methoxy groups -OCH3 is 1. The number of hydrogen-bond acceptors (Lipinski definition) is 5. The second-order valence-electron chi connectivity index (χ2n) is 2.90. The van der Waals surface area contributed by atoms with Crippen molar-refractivity contribution in [2.45, 2.75) is 13.5 Å². The minimum atomic E-state index is 0.335.